The highest BCUT2D eigenvalue weighted by Crippen LogP contribution is 2.17. The van der Waals surface area contributed by atoms with Crippen molar-refractivity contribution in [2.75, 3.05) is 27.8 Å². The van der Waals surface area contributed by atoms with Crippen molar-refractivity contribution in [2.45, 2.75) is 13.3 Å². The van der Waals surface area contributed by atoms with E-state index in [-0.39, 0.29) is 11.8 Å². The van der Waals surface area contributed by atoms with Gasteiger partial charge in [0.15, 0.2) is 0 Å². The summed E-state index contributed by atoms with van der Waals surface area (Å²) in [6, 6.07) is 7.42. The van der Waals surface area contributed by atoms with Gasteiger partial charge in [-0.3, -0.25) is 4.79 Å². The van der Waals surface area contributed by atoms with E-state index < -0.39 is 0 Å². The third-order valence-corrected chi connectivity index (χ3v) is 2.74. The number of amides is 1. The van der Waals surface area contributed by atoms with Crippen molar-refractivity contribution < 1.29 is 14.3 Å². The van der Waals surface area contributed by atoms with Gasteiger partial charge in [-0.2, -0.15) is 0 Å². The SMILES string of the molecule is COc1ccc(OCCC(C)C(=O)N(C)C)cc1. The Kier molecular flexibility index (Phi) is 5.49. The molecule has 0 aromatic heterocycles. The molecule has 4 nitrogen and oxygen atoms in total. The van der Waals surface area contributed by atoms with E-state index in [9.17, 15) is 4.79 Å². The van der Waals surface area contributed by atoms with Gasteiger partial charge < -0.3 is 14.4 Å². The molecule has 0 bridgehead atoms. The second-order valence-corrected chi connectivity index (χ2v) is 4.45. The molecule has 0 saturated heterocycles. The Balaban J connectivity index is 2.34. The highest BCUT2D eigenvalue weighted by molar-refractivity contribution is 5.77. The maximum Gasteiger partial charge on any atom is 0.225 e. The van der Waals surface area contributed by atoms with Crippen LogP contribution in [0, 0.1) is 5.92 Å². The molecule has 18 heavy (non-hydrogen) atoms. The number of ether oxygens (including phenoxy) is 2. The van der Waals surface area contributed by atoms with Crippen LogP contribution < -0.4 is 9.47 Å². The first-order valence-corrected chi connectivity index (χ1v) is 6.02. The predicted molar refractivity (Wildman–Crippen MR) is 71.0 cm³/mol. The summed E-state index contributed by atoms with van der Waals surface area (Å²) in [5.74, 6) is 1.71. The Hall–Kier alpha value is -1.71. The Morgan fingerprint density at radius 1 is 1.22 bits per heavy atom. The van der Waals surface area contributed by atoms with E-state index in [0.717, 1.165) is 11.5 Å². The minimum atomic E-state index is -0.0155. The Bertz CT molecular complexity index is 373. The molecule has 4 heteroatoms. The van der Waals surface area contributed by atoms with Crippen LogP contribution in [0.2, 0.25) is 0 Å². The number of nitrogens with zero attached hydrogens (tertiary/aromatic N) is 1. The van der Waals surface area contributed by atoms with Crippen LogP contribution in [-0.4, -0.2) is 38.6 Å². The van der Waals surface area contributed by atoms with E-state index in [2.05, 4.69) is 0 Å². The molecule has 0 saturated carbocycles. The fraction of sp³-hybridized carbons (Fsp3) is 0.500. The lowest BCUT2D eigenvalue weighted by molar-refractivity contribution is -0.132. The summed E-state index contributed by atoms with van der Waals surface area (Å²) in [7, 11) is 5.16. The first-order chi connectivity index (χ1) is 8.54. The summed E-state index contributed by atoms with van der Waals surface area (Å²) in [4.78, 5) is 13.2. The minimum Gasteiger partial charge on any atom is -0.497 e. The Labute approximate surface area is 108 Å². The molecule has 0 aliphatic carbocycles. The molecule has 1 aromatic carbocycles. The average Bonchev–Trinajstić information content (AvgIpc) is 2.38. The van der Waals surface area contributed by atoms with Crippen molar-refractivity contribution in [3.05, 3.63) is 24.3 Å². The Morgan fingerprint density at radius 2 is 1.78 bits per heavy atom. The van der Waals surface area contributed by atoms with E-state index in [1.807, 2.05) is 31.2 Å². The quantitative estimate of drug-likeness (QED) is 0.778. The van der Waals surface area contributed by atoms with Crippen molar-refractivity contribution in [2.24, 2.45) is 5.92 Å². The summed E-state index contributed by atoms with van der Waals surface area (Å²) in [5, 5.41) is 0. The molecule has 0 spiro atoms. The van der Waals surface area contributed by atoms with Gasteiger partial charge in [0.1, 0.15) is 11.5 Å². The molecule has 0 radical (unpaired) electrons. The summed E-state index contributed by atoms with van der Waals surface area (Å²) in [5.41, 5.74) is 0. The summed E-state index contributed by atoms with van der Waals surface area (Å²) in [6.45, 7) is 2.45. The first kappa shape index (κ1) is 14.4. The molecule has 0 aliphatic heterocycles. The number of methoxy groups -OCH3 is 1. The summed E-state index contributed by atoms with van der Waals surface area (Å²) in [6.07, 6.45) is 0.711. The summed E-state index contributed by atoms with van der Waals surface area (Å²) >= 11 is 0. The van der Waals surface area contributed by atoms with Crippen LogP contribution in [-0.2, 0) is 4.79 Å². The van der Waals surface area contributed by atoms with Gasteiger partial charge in [0.25, 0.3) is 0 Å². The minimum absolute atomic E-state index is 0.0155. The van der Waals surface area contributed by atoms with Gasteiger partial charge in [0, 0.05) is 20.0 Å². The fourth-order valence-corrected chi connectivity index (χ4v) is 1.59. The maximum atomic E-state index is 11.6. The monoisotopic (exact) mass is 251 g/mol. The van der Waals surface area contributed by atoms with Gasteiger partial charge in [-0.25, -0.2) is 0 Å². The lowest BCUT2D eigenvalue weighted by Gasteiger charge is -2.16. The van der Waals surface area contributed by atoms with E-state index in [4.69, 9.17) is 9.47 Å². The van der Waals surface area contributed by atoms with Crippen molar-refractivity contribution >= 4 is 5.91 Å². The van der Waals surface area contributed by atoms with Crippen LogP contribution in [0.15, 0.2) is 24.3 Å². The van der Waals surface area contributed by atoms with Crippen molar-refractivity contribution in [3.63, 3.8) is 0 Å². The van der Waals surface area contributed by atoms with Crippen LogP contribution in [0.25, 0.3) is 0 Å². The Morgan fingerprint density at radius 3 is 2.28 bits per heavy atom. The zero-order valence-corrected chi connectivity index (χ0v) is 11.5. The molecular formula is C14H21NO3. The first-order valence-electron chi connectivity index (χ1n) is 6.02. The van der Waals surface area contributed by atoms with E-state index in [1.165, 1.54) is 0 Å². The van der Waals surface area contributed by atoms with Crippen molar-refractivity contribution in [1.82, 2.24) is 4.90 Å². The largest absolute Gasteiger partial charge is 0.497 e. The van der Waals surface area contributed by atoms with Crippen LogP contribution in [0.1, 0.15) is 13.3 Å². The average molecular weight is 251 g/mol. The van der Waals surface area contributed by atoms with E-state index in [1.54, 1.807) is 26.1 Å². The zero-order chi connectivity index (χ0) is 13.5. The van der Waals surface area contributed by atoms with Gasteiger partial charge in [0.2, 0.25) is 5.91 Å². The van der Waals surface area contributed by atoms with Gasteiger partial charge in [-0.05, 0) is 30.7 Å². The number of carbonyl (C=O) groups is 1. The summed E-state index contributed by atoms with van der Waals surface area (Å²) < 4.78 is 10.6. The number of hydrogen-bond donors (Lipinski definition) is 0. The van der Waals surface area contributed by atoms with Crippen LogP contribution in [0.4, 0.5) is 0 Å². The molecule has 1 unspecified atom stereocenters. The molecule has 1 rings (SSSR count). The molecule has 0 N–H and O–H groups in total. The third kappa shape index (κ3) is 4.28. The molecule has 1 amide bonds. The van der Waals surface area contributed by atoms with Crippen LogP contribution in [0.5, 0.6) is 11.5 Å². The van der Waals surface area contributed by atoms with Gasteiger partial charge in [-0.15, -0.1) is 0 Å². The topological polar surface area (TPSA) is 38.8 Å². The molecule has 1 aromatic rings. The highest BCUT2D eigenvalue weighted by Gasteiger charge is 2.14. The molecular weight excluding hydrogens is 230 g/mol. The number of carbonyl (C=O) groups excluding carboxylic acids is 1. The zero-order valence-electron chi connectivity index (χ0n) is 11.5. The van der Waals surface area contributed by atoms with Crippen LogP contribution in [0.3, 0.4) is 0 Å². The van der Waals surface area contributed by atoms with Gasteiger partial charge >= 0.3 is 0 Å². The lowest BCUT2D eigenvalue weighted by Crippen LogP contribution is -2.28. The molecule has 100 valence electrons. The predicted octanol–water partition coefficient (Wildman–Crippen LogP) is 2.19. The van der Waals surface area contributed by atoms with Gasteiger partial charge in [-0.1, -0.05) is 6.92 Å². The smallest absolute Gasteiger partial charge is 0.225 e. The van der Waals surface area contributed by atoms with E-state index >= 15 is 0 Å². The second-order valence-electron chi connectivity index (χ2n) is 4.45. The van der Waals surface area contributed by atoms with E-state index in [0.29, 0.717) is 13.0 Å². The standard InChI is InChI=1S/C14H21NO3/c1-11(14(16)15(2)3)9-10-18-13-7-5-12(17-4)6-8-13/h5-8,11H,9-10H2,1-4H3. The van der Waals surface area contributed by atoms with Crippen LogP contribution >= 0.6 is 0 Å². The maximum absolute atomic E-state index is 11.6. The fourth-order valence-electron chi connectivity index (χ4n) is 1.59. The third-order valence-electron chi connectivity index (χ3n) is 2.74. The molecule has 1 atom stereocenters. The molecule has 0 aliphatic rings. The normalized spacial score (nSPS) is 11.8. The highest BCUT2D eigenvalue weighted by atomic mass is 16.5. The molecule has 0 fully saturated rings. The second kappa shape index (κ2) is 6.89. The molecule has 0 heterocycles. The number of benzene rings is 1. The van der Waals surface area contributed by atoms with Crippen molar-refractivity contribution in [3.8, 4) is 11.5 Å². The number of hydrogen-bond acceptors (Lipinski definition) is 3. The lowest BCUT2D eigenvalue weighted by atomic mass is 10.1. The van der Waals surface area contributed by atoms with Crippen molar-refractivity contribution in [1.29, 1.82) is 0 Å². The number of rotatable bonds is 6. The van der Waals surface area contributed by atoms with Gasteiger partial charge in [0.05, 0.1) is 13.7 Å².